The summed E-state index contributed by atoms with van der Waals surface area (Å²) < 4.78 is 30.3. The fourth-order valence-corrected chi connectivity index (χ4v) is 2.52. The lowest BCUT2D eigenvalue weighted by atomic mass is 9.99. The third-order valence-electron chi connectivity index (χ3n) is 3.49. The smallest absolute Gasteiger partial charge is 0.342 e. The van der Waals surface area contributed by atoms with Crippen molar-refractivity contribution in [3.8, 4) is 0 Å². The van der Waals surface area contributed by atoms with Gasteiger partial charge in [-0.2, -0.15) is 0 Å². The fraction of sp³-hybridized carbons (Fsp3) is 0.615. The van der Waals surface area contributed by atoms with Gasteiger partial charge in [-0.15, -0.1) is 0 Å². The van der Waals surface area contributed by atoms with Crippen LogP contribution in [0.15, 0.2) is 11.1 Å². The predicted molar refractivity (Wildman–Crippen MR) is 66.9 cm³/mol. The maximum absolute atomic E-state index is 12.2. The Morgan fingerprint density at radius 3 is 1.95 bits per heavy atom. The lowest BCUT2D eigenvalue weighted by Gasteiger charge is -2.30. The predicted octanol–water partition coefficient (Wildman–Crippen LogP) is -0.361. The van der Waals surface area contributed by atoms with Gasteiger partial charge in [0.2, 0.25) is 0 Å². The number of hydrogen-bond donors (Lipinski definition) is 0. The number of ether oxygens (including phenoxy) is 6. The zero-order valence-corrected chi connectivity index (χ0v) is 12.6. The first-order chi connectivity index (χ1) is 10.4. The molecule has 1 spiro atoms. The molecule has 0 bridgehead atoms. The van der Waals surface area contributed by atoms with Crippen LogP contribution in [-0.4, -0.2) is 58.1 Å². The zero-order chi connectivity index (χ0) is 16.5. The SMILES string of the molecule is COC(=O)C1=C(C(=O)OC)C(OC)(OC)OC12CCC(=O)O2. The number of methoxy groups -OCH3 is 4. The van der Waals surface area contributed by atoms with Crippen molar-refractivity contribution in [2.24, 2.45) is 0 Å². The number of rotatable bonds is 4. The third kappa shape index (κ3) is 2.18. The summed E-state index contributed by atoms with van der Waals surface area (Å²) in [5.41, 5.74) is -0.669. The summed E-state index contributed by atoms with van der Waals surface area (Å²) in [5, 5.41) is 0. The molecular formula is C13H16O9. The first-order valence-corrected chi connectivity index (χ1v) is 6.34. The highest BCUT2D eigenvalue weighted by Crippen LogP contribution is 2.50. The van der Waals surface area contributed by atoms with Crippen LogP contribution in [0.5, 0.6) is 0 Å². The molecule has 0 saturated carbocycles. The van der Waals surface area contributed by atoms with E-state index in [0.717, 1.165) is 14.2 Å². The summed E-state index contributed by atoms with van der Waals surface area (Å²) >= 11 is 0. The van der Waals surface area contributed by atoms with Crippen molar-refractivity contribution in [3.63, 3.8) is 0 Å². The summed E-state index contributed by atoms with van der Waals surface area (Å²) in [6.45, 7) is 0. The van der Waals surface area contributed by atoms with E-state index in [9.17, 15) is 14.4 Å². The van der Waals surface area contributed by atoms with E-state index in [4.69, 9.17) is 18.9 Å². The molecule has 0 amide bonds. The van der Waals surface area contributed by atoms with Crippen LogP contribution in [0.4, 0.5) is 0 Å². The van der Waals surface area contributed by atoms with Gasteiger partial charge < -0.3 is 23.7 Å². The molecule has 1 fully saturated rings. The van der Waals surface area contributed by atoms with Gasteiger partial charge >= 0.3 is 23.9 Å². The first-order valence-electron chi connectivity index (χ1n) is 6.34. The van der Waals surface area contributed by atoms with Gasteiger partial charge in [-0.1, -0.05) is 0 Å². The zero-order valence-electron chi connectivity index (χ0n) is 12.6. The fourth-order valence-electron chi connectivity index (χ4n) is 2.52. The van der Waals surface area contributed by atoms with E-state index in [1.807, 2.05) is 0 Å². The number of carbonyl (C=O) groups is 3. The van der Waals surface area contributed by atoms with Gasteiger partial charge in [0.1, 0.15) is 11.1 Å². The van der Waals surface area contributed by atoms with Gasteiger partial charge in [0, 0.05) is 20.6 Å². The van der Waals surface area contributed by atoms with Gasteiger partial charge in [-0.25, -0.2) is 9.59 Å². The van der Waals surface area contributed by atoms with Crippen LogP contribution >= 0.6 is 0 Å². The second kappa shape index (κ2) is 5.67. The molecule has 9 nitrogen and oxygen atoms in total. The largest absolute Gasteiger partial charge is 0.465 e. The Kier molecular flexibility index (Phi) is 4.23. The van der Waals surface area contributed by atoms with Gasteiger partial charge in [-0.3, -0.25) is 9.53 Å². The number of carbonyl (C=O) groups excluding carboxylic acids is 3. The Hall–Kier alpha value is -1.97. The van der Waals surface area contributed by atoms with E-state index < -0.39 is 29.7 Å². The Balaban J connectivity index is 2.70. The highest BCUT2D eigenvalue weighted by molar-refractivity contribution is 6.04. The first kappa shape index (κ1) is 16.4. The molecule has 0 N–H and O–H groups in total. The average molecular weight is 316 g/mol. The Morgan fingerprint density at radius 2 is 1.55 bits per heavy atom. The molecule has 2 heterocycles. The average Bonchev–Trinajstić information content (AvgIpc) is 3.04. The minimum absolute atomic E-state index is 0.00153. The molecule has 22 heavy (non-hydrogen) atoms. The molecule has 1 saturated heterocycles. The topological polar surface area (TPSA) is 107 Å². The molecule has 122 valence electrons. The van der Waals surface area contributed by atoms with Crippen molar-refractivity contribution in [3.05, 3.63) is 11.1 Å². The van der Waals surface area contributed by atoms with Crippen molar-refractivity contribution in [1.82, 2.24) is 0 Å². The van der Waals surface area contributed by atoms with Crippen molar-refractivity contribution < 1.29 is 42.8 Å². The molecule has 0 aromatic carbocycles. The molecule has 0 aromatic heterocycles. The Labute approximate surface area is 126 Å². The maximum atomic E-state index is 12.2. The van der Waals surface area contributed by atoms with Gasteiger partial charge in [-0.05, 0) is 0 Å². The lowest BCUT2D eigenvalue weighted by Crippen LogP contribution is -2.43. The summed E-state index contributed by atoms with van der Waals surface area (Å²) in [7, 11) is 4.65. The minimum Gasteiger partial charge on any atom is -0.465 e. The van der Waals surface area contributed by atoms with Crippen LogP contribution in [0.25, 0.3) is 0 Å². The van der Waals surface area contributed by atoms with Crippen LogP contribution < -0.4 is 0 Å². The second-order valence-corrected chi connectivity index (χ2v) is 4.53. The van der Waals surface area contributed by atoms with Crippen molar-refractivity contribution in [1.29, 1.82) is 0 Å². The van der Waals surface area contributed by atoms with Crippen molar-refractivity contribution in [2.45, 2.75) is 24.6 Å². The molecule has 2 rings (SSSR count). The standard InChI is InChI=1S/C13H16O9/c1-17-10(15)8-9(11(16)18-2)13(19-3,20-4)22-12(8)6-5-7(14)21-12/h5-6H2,1-4H3. The molecule has 0 radical (unpaired) electrons. The van der Waals surface area contributed by atoms with Crippen LogP contribution in [0.2, 0.25) is 0 Å². The van der Waals surface area contributed by atoms with Crippen molar-refractivity contribution >= 4 is 17.9 Å². The van der Waals surface area contributed by atoms with Crippen LogP contribution in [0.1, 0.15) is 12.8 Å². The summed E-state index contributed by atoms with van der Waals surface area (Å²) in [5.74, 6) is -6.27. The third-order valence-corrected chi connectivity index (χ3v) is 3.49. The second-order valence-electron chi connectivity index (χ2n) is 4.53. The molecular weight excluding hydrogens is 300 g/mol. The summed E-state index contributed by atoms with van der Waals surface area (Å²) in [4.78, 5) is 35.8. The van der Waals surface area contributed by atoms with Crippen LogP contribution in [-0.2, 0) is 42.8 Å². The van der Waals surface area contributed by atoms with Gasteiger partial charge in [0.25, 0.3) is 5.79 Å². The van der Waals surface area contributed by atoms with Gasteiger partial charge in [0.05, 0.1) is 20.6 Å². The quantitative estimate of drug-likeness (QED) is 0.390. The maximum Gasteiger partial charge on any atom is 0.342 e. The van der Waals surface area contributed by atoms with Gasteiger partial charge in [0.15, 0.2) is 0 Å². The molecule has 1 unspecified atom stereocenters. The van der Waals surface area contributed by atoms with E-state index in [-0.39, 0.29) is 24.0 Å². The normalized spacial score (nSPS) is 26.3. The Morgan fingerprint density at radius 1 is 1.00 bits per heavy atom. The van der Waals surface area contributed by atoms with Crippen LogP contribution in [0, 0.1) is 0 Å². The highest BCUT2D eigenvalue weighted by Gasteiger charge is 2.66. The molecule has 1 atom stereocenters. The van der Waals surface area contributed by atoms with Crippen molar-refractivity contribution in [2.75, 3.05) is 28.4 Å². The number of hydrogen-bond acceptors (Lipinski definition) is 9. The lowest BCUT2D eigenvalue weighted by molar-refractivity contribution is -0.381. The summed E-state index contributed by atoms with van der Waals surface area (Å²) in [6, 6.07) is 0. The minimum atomic E-state index is -2.04. The molecule has 0 aromatic rings. The van der Waals surface area contributed by atoms with Crippen LogP contribution in [0.3, 0.4) is 0 Å². The monoisotopic (exact) mass is 316 g/mol. The summed E-state index contributed by atoms with van der Waals surface area (Å²) in [6.07, 6.45) is 0.00366. The van der Waals surface area contributed by atoms with E-state index >= 15 is 0 Å². The molecule has 0 aliphatic carbocycles. The van der Waals surface area contributed by atoms with E-state index in [2.05, 4.69) is 9.47 Å². The highest BCUT2D eigenvalue weighted by atomic mass is 16.9. The Bertz CT molecular complexity index is 546. The molecule has 9 heteroatoms. The number of esters is 3. The van der Waals surface area contributed by atoms with E-state index in [1.54, 1.807) is 0 Å². The molecule has 2 aliphatic heterocycles. The molecule has 2 aliphatic rings. The van der Waals surface area contributed by atoms with E-state index in [0.29, 0.717) is 0 Å². The van der Waals surface area contributed by atoms with E-state index in [1.165, 1.54) is 14.2 Å².